The van der Waals surface area contributed by atoms with E-state index in [1.807, 2.05) is 0 Å². The lowest BCUT2D eigenvalue weighted by Crippen LogP contribution is -2.06. The van der Waals surface area contributed by atoms with Gasteiger partial charge in [-0.1, -0.05) is 11.6 Å². The number of hydrogen-bond donors (Lipinski definition) is 1. The number of aromatic nitrogens is 2. The van der Waals surface area contributed by atoms with Crippen LogP contribution >= 0.6 is 33.5 Å². The summed E-state index contributed by atoms with van der Waals surface area (Å²) in [6.45, 7) is 0. The SMILES string of the molecule is COSSc1cc2nc[nH]c(=O)c2cc1Cl. The molecule has 0 unspecified atom stereocenters. The summed E-state index contributed by atoms with van der Waals surface area (Å²) in [5.74, 6) is 0. The normalized spacial score (nSPS) is 10.9. The van der Waals surface area contributed by atoms with Gasteiger partial charge in [0.15, 0.2) is 0 Å². The molecule has 7 heteroatoms. The molecule has 1 heterocycles. The van der Waals surface area contributed by atoms with E-state index in [1.165, 1.54) is 28.2 Å². The minimum Gasteiger partial charge on any atom is -0.313 e. The Morgan fingerprint density at radius 2 is 2.31 bits per heavy atom. The van der Waals surface area contributed by atoms with E-state index in [2.05, 4.69) is 9.97 Å². The molecule has 0 spiro atoms. The molecule has 4 nitrogen and oxygen atoms in total. The highest BCUT2D eigenvalue weighted by Gasteiger charge is 2.07. The van der Waals surface area contributed by atoms with Crippen LogP contribution in [0.2, 0.25) is 5.02 Å². The molecule has 1 aromatic heterocycles. The van der Waals surface area contributed by atoms with Crippen LogP contribution in [-0.4, -0.2) is 17.1 Å². The molecule has 0 radical (unpaired) electrons. The molecular formula is C9H7ClN2O2S2. The fraction of sp³-hybridized carbons (Fsp3) is 0.111. The van der Waals surface area contributed by atoms with Crippen LogP contribution in [0, 0.1) is 0 Å². The standard InChI is InChI=1S/C9H7ClN2O2S2/c1-14-16-15-8-3-7-5(2-6(8)10)9(13)12-4-11-7/h2-4H,1H3,(H,11,12,13). The fourth-order valence-electron chi connectivity index (χ4n) is 1.20. The van der Waals surface area contributed by atoms with Crippen molar-refractivity contribution in [2.24, 2.45) is 0 Å². The number of halogens is 1. The Balaban J connectivity index is 2.54. The Labute approximate surface area is 104 Å². The van der Waals surface area contributed by atoms with Crippen molar-refractivity contribution < 1.29 is 4.18 Å². The van der Waals surface area contributed by atoms with E-state index in [0.717, 1.165) is 4.90 Å². The maximum Gasteiger partial charge on any atom is 0.258 e. The van der Waals surface area contributed by atoms with Gasteiger partial charge in [-0.25, -0.2) is 4.98 Å². The van der Waals surface area contributed by atoms with Gasteiger partial charge >= 0.3 is 0 Å². The summed E-state index contributed by atoms with van der Waals surface area (Å²) >= 11 is 7.25. The molecule has 2 rings (SSSR count). The summed E-state index contributed by atoms with van der Waals surface area (Å²) in [5, 5.41) is 1.000. The number of fused-ring (bicyclic) bond motifs is 1. The topological polar surface area (TPSA) is 55.0 Å². The first-order valence-corrected chi connectivity index (χ1v) is 6.72. The lowest BCUT2D eigenvalue weighted by molar-refractivity contribution is 0.498. The average molecular weight is 275 g/mol. The van der Waals surface area contributed by atoms with Gasteiger partial charge in [0.25, 0.3) is 5.56 Å². The summed E-state index contributed by atoms with van der Waals surface area (Å²) in [6, 6.07) is 3.38. The number of nitrogens with one attached hydrogen (secondary N) is 1. The molecule has 0 saturated carbocycles. The van der Waals surface area contributed by atoms with Gasteiger partial charge in [0, 0.05) is 4.90 Å². The molecule has 0 atom stereocenters. The van der Waals surface area contributed by atoms with E-state index in [4.69, 9.17) is 15.8 Å². The quantitative estimate of drug-likeness (QED) is 0.689. The van der Waals surface area contributed by atoms with Crippen LogP contribution in [-0.2, 0) is 4.18 Å². The molecule has 0 amide bonds. The highest BCUT2D eigenvalue weighted by molar-refractivity contribution is 8.74. The summed E-state index contributed by atoms with van der Waals surface area (Å²) in [5.41, 5.74) is 0.426. The average Bonchev–Trinajstić information content (AvgIpc) is 2.28. The smallest absolute Gasteiger partial charge is 0.258 e. The number of H-pyrrole nitrogens is 1. The number of benzene rings is 1. The Morgan fingerprint density at radius 3 is 3.06 bits per heavy atom. The zero-order chi connectivity index (χ0) is 11.5. The maximum atomic E-state index is 11.5. The van der Waals surface area contributed by atoms with Crippen LogP contribution in [0.15, 0.2) is 28.2 Å². The van der Waals surface area contributed by atoms with Gasteiger partial charge in [0.05, 0.1) is 40.4 Å². The first kappa shape index (κ1) is 11.8. The molecule has 0 saturated heterocycles. The van der Waals surface area contributed by atoms with Crippen molar-refractivity contribution in [2.75, 3.05) is 7.11 Å². The first-order chi connectivity index (χ1) is 7.72. The van der Waals surface area contributed by atoms with Gasteiger partial charge in [-0.2, -0.15) is 0 Å². The second-order valence-electron chi connectivity index (χ2n) is 2.85. The molecule has 1 N–H and O–H groups in total. The molecule has 0 aliphatic carbocycles. The van der Waals surface area contributed by atoms with E-state index in [0.29, 0.717) is 15.9 Å². The van der Waals surface area contributed by atoms with Crippen molar-refractivity contribution in [2.45, 2.75) is 4.90 Å². The lowest BCUT2D eigenvalue weighted by atomic mass is 10.2. The molecule has 16 heavy (non-hydrogen) atoms. The van der Waals surface area contributed by atoms with Gasteiger partial charge < -0.3 is 9.17 Å². The summed E-state index contributed by atoms with van der Waals surface area (Å²) in [7, 11) is 2.96. The van der Waals surface area contributed by atoms with E-state index in [9.17, 15) is 4.79 Å². The molecule has 2 aromatic rings. The lowest BCUT2D eigenvalue weighted by Gasteiger charge is -2.03. The van der Waals surface area contributed by atoms with Crippen molar-refractivity contribution in [3.8, 4) is 0 Å². The van der Waals surface area contributed by atoms with Crippen LogP contribution in [0.3, 0.4) is 0 Å². The molecule has 0 aliphatic rings. The Hall–Kier alpha value is -0.690. The third-order valence-corrected chi connectivity index (χ3v) is 4.18. The van der Waals surface area contributed by atoms with Crippen LogP contribution < -0.4 is 5.56 Å². The van der Waals surface area contributed by atoms with E-state index < -0.39 is 0 Å². The van der Waals surface area contributed by atoms with Crippen LogP contribution in [0.25, 0.3) is 10.9 Å². The first-order valence-electron chi connectivity index (χ1n) is 4.26. The highest BCUT2D eigenvalue weighted by Crippen LogP contribution is 2.37. The molecule has 0 bridgehead atoms. The minimum absolute atomic E-state index is 0.192. The van der Waals surface area contributed by atoms with E-state index in [1.54, 1.807) is 19.2 Å². The van der Waals surface area contributed by atoms with Crippen molar-refractivity contribution in [3.05, 3.63) is 33.8 Å². The second-order valence-corrected chi connectivity index (χ2v) is 5.24. The minimum atomic E-state index is -0.192. The van der Waals surface area contributed by atoms with Gasteiger partial charge in [0.1, 0.15) is 0 Å². The van der Waals surface area contributed by atoms with Crippen molar-refractivity contribution in [1.29, 1.82) is 0 Å². The number of rotatable bonds is 3. The van der Waals surface area contributed by atoms with Crippen LogP contribution in [0.5, 0.6) is 0 Å². The Bertz CT molecular complexity index is 573. The van der Waals surface area contributed by atoms with Gasteiger partial charge in [-0.3, -0.25) is 4.79 Å². The summed E-state index contributed by atoms with van der Waals surface area (Å²) < 4.78 is 4.87. The number of aromatic amines is 1. The van der Waals surface area contributed by atoms with Gasteiger partial charge in [0.2, 0.25) is 0 Å². The molecular weight excluding hydrogens is 268 g/mol. The summed E-state index contributed by atoms with van der Waals surface area (Å²) in [4.78, 5) is 18.9. The zero-order valence-corrected chi connectivity index (χ0v) is 10.6. The van der Waals surface area contributed by atoms with Crippen molar-refractivity contribution in [1.82, 2.24) is 9.97 Å². The predicted molar refractivity (Wildman–Crippen MR) is 67.8 cm³/mol. The molecule has 0 aliphatic heterocycles. The number of nitrogens with zero attached hydrogens (tertiary/aromatic N) is 1. The maximum absolute atomic E-state index is 11.5. The summed E-state index contributed by atoms with van der Waals surface area (Å²) in [6.07, 6.45) is 1.37. The van der Waals surface area contributed by atoms with Crippen LogP contribution in [0.1, 0.15) is 0 Å². The zero-order valence-electron chi connectivity index (χ0n) is 8.19. The second kappa shape index (κ2) is 5.09. The number of hydrogen-bond acceptors (Lipinski definition) is 5. The van der Waals surface area contributed by atoms with Crippen LogP contribution in [0.4, 0.5) is 0 Å². The Kier molecular flexibility index (Phi) is 3.75. The third kappa shape index (κ3) is 2.35. The van der Waals surface area contributed by atoms with E-state index in [-0.39, 0.29) is 5.56 Å². The van der Waals surface area contributed by atoms with E-state index >= 15 is 0 Å². The van der Waals surface area contributed by atoms with Gasteiger partial charge in [-0.15, -0.1) is 0 Å². The predicted octanol–water partition coefficient (Wildman–Crippen LogP) is 2.88. The molecule has 0 fully saturated rings. The fourth-order valence-corrected chi connectivity index (χ4v) is 2.90. The monoisotopic (exact) mass is 274 g/mol. The molecule has 1 aromatic carbocycles. The Morgan fingerprint density at radius 1 is 1.50 bits per heavy atom. The molecule has 84 valence electrons. The van der Waals surface area contributed by atoms with Crippen molar-refractivity contribution in [3.63, 3.8) is 0 Å². The largest absolute Gasteiger partial charge is 0.313 e. The highest BCUT2D eigenvalue weighted by atomic mass is 35.5. The van der Waals surface area contributed by atoms with Crippen molar-refractivity contribution >= 4 is 44.4 Å². The van der Waals surface area contributed by atoms with Gasteiger partial charge in [-0.05, 0) is 22.9 Å². The third-order valence-electron chi connectivity index (χ3n) is 1.89.